The van der Waals surface area contributed by atoms with Gasteiger partial charge in [-0.25, -0.2) is 4.79 Å². The first kappa shape index (κ1) is 16.0. The van der Waals surface area contributed by atoms with Gasteiger partial charge in [0.15, 0.2) is 6.61 Å². The molecule has 0 atom stereocenters. The van der Waals surface area contributed by atoms with E-state index in [4.69, 9.17) is 10.5 Å². The number of hydrogen-bond acceptors (Lipinski definition) is 5. The predicted molar refractivity (Wildman–Crippen MR) is 86.7 cm³/mol. The van der Waals surface area contributed by atoms with Crippen LogP contribution in [0.25, 0.3) is 0 Å². The SMILES string of the molecule is Cc1cccc(C(=O)OCC(=O)N(C)Cc2ccsc2)c1N. The highest BCUT2D eigenvalue weighted by molar-refractivity contribution is 7.07. The molecule has 2 rings (SSSR count). The van der Waals surface area contributed by atoms with Gasteiger partial charge in [0.05, 0.1) is 5.56 Å². The Morgan fingerprint density at radius 2 is 2.09 bits per heavy atom. The number of aryl methyl sites for hydroxylation is 1. The van der Waals surface area contributed by atoms with E-state index < -0.39 is 5.97 Å². The summed E-state index contributed by atoms with van der Waals surface area (Å²) in [5.41, 5.74) is 8.36. The number of likely N-dealkylation sites (N-methyl/N-ethyl adjacent to an activating group) is 1. The van der Waals surface area contributed by atoms with Gasteiger partial charge in [-0.15, -0.1) is 0 Å². The Balaban J connectivity index is 1.90. The Hall–Kier alpha value is -2.34. The zero-order valence-electron chi connectivity index (χ0n) is 12.5. The Morgan fingerprint density at radius 3 is 2.77 bits per heavy atom. The van der Waals surface area contributed by atoms with Crippen molar-refractivity contribution in [2.45, 2.75) is 13.5 Å². The first-order chi connectivity index (χ1) is 10.5. The summed E-state index contributed by atoms with van der Waals surface area (Å²) in [7, 11) is 1.68. The molecule has 22 heavy (non-hydrogen) atoms. The summed E-state index contributed by atoms with van der Waals surface area (Å²) in [6.45, 7) is 2.01. The Bertz CT molecular complexity index is 668. The number of para-hydroxylation sites is 1. The minimum absolute atomic E-state index is 0.259. The van der Waals surface area contributed by atoms with E-state index in [9.17, 15) is 9.59 Å². The minimum Gasteiger partial charge on any atom is -0.452 e. The van der Waals surface area contributed by atoms with Crippen LogP contribution in [0.5, 0.6) is 0 Å². The van der Waals surface area contributed by atoms with Crippen LogP contribution in [0.2, 0.25) is 0 Å². The number of carbonyl (C=O) groups excluding carboxylic acids is 2. The van der Waals surface area contributed by atoms with E-state index in [-0.39, 0.29) is 18.1 Å². The fraction of sp³-hybridized carbons (Fsp3) is 0.250. The Morgan fingerprint density at radius 1 is 1.32 bits per heavy atom. The molecule has 0 aliphatic heterocycles. The van der Waals surface area contributed by atoms with E-state index in [1.54, 1.807) is 30.5 Å². The molecule has 0 saturated heterocycles. The molecule has 2 aromatic rings. The van der Waals surface area contributed by atoms with Crippen molar-refractivity contribution in [3.63, 3.8) is 0 Å². The van der Waals surface area contributed by atoms with Crippen molar-refractivity contribution in [3.8, 4) is 0 Å². The zero-order valence-corrected chi connectivity index (χ0v) is 13.4. The monoisotopic (exact) mass is 318 g/mol. The van der Waals surface area contributed by atoms with Gasteiger partial charge < -0.3 is 15.4 Å². The van der Waals surface area contributed by atoms with Gasteiger partial charge in [-0.3, -0.25) is 4.79 Å². The molecule has 5 nitrogen and oxygen atoms in total. The number of rotatable bonds is 5. The van der Waals surface area contributed by atoms with E-state index in [1.807, 2.05) is 29.8 Å². The molecule has 0 spiro atoms. The van der Waals surface area contributed by atoms with Gasteiger partial charge in [0.2, 0.25) is 0 Å². The molecule has 6 heteroatoms. The van der Waals surface area contributed by atoms with Crippen molar-refractivity contribution in [1.82, 2.24) is 4.90 Å². The maximum absolute atomic E-state index is 12.0. The van der Waals surface area contributed by atoms with Gasteiger partial charge in [-0.05, 0) is 40.9 Å². The van der Waals surface area contributed by atoms with Crippen LogP contribution >= 0.6 is 11.3 Å². The van der Waals surface area contributed by atoms with E-state index in [0.29, 0.717) is 12.2 Å². The van der Waals surface area contributed by atoms with Crippen LogP contribution in [-0.4, -0.2) is 30.4 Å². The van der Waals surface area contributed by atoms with E-state index in [1.165, 1.54) is 4.90 Å². The molecular weight excluding hydrogens is 300 g/mol. The number of anilines is 1. The van der Waals surface area contributed by atoms with Crippen molar-refractivity contribution in [3.05, 3.63) is 51.7 Å². The number of ether oxygens (including phenoxy) is 1. The molecule has 0 bridgehead atoms. The standard InChI is InChI=1S/C16H18N2O3S/c1-11-4-3-5-13(15(11)17)16(20)21-9-14(19)18(2)8-12-6-7-22-10-12/h3-7,10H,8-9,17H2,1-2H3. The largest absolute Gasteiger partial charge is 0.452 e. The van der Waals surface area contributed by atoms with Crippen LogP contribution in [0.4, 0.5) is 5.69 Å². The number of hydrogen-bond donors (Lipinski definition) is 1. The Kier molecular flexibility index (Phi) is 5.16. The van der Waals surface area contributed by atoms with E-state index >= 15 is 0 Å². The maximum Gasteiger partial charge on any atom is 0.340 e. The molecule has 2 N–H and O–H groups in total. The number of nitrogens with two attached hydrogens (primary N) is 1. The van der Waals surface area contributed by atoms with Crippen LogP contribution in [0.1, 0.15) is 21.5 Å². The number of nitrogens with zero attached hydrogens (tertiary/aromatic N) is 1. The van der Waals surface area contributed by atoms with Crippen molar-refractivity contribution in [2.75, 3.05) is 19.4 Å². The molecule has 0 saturated carbocycles. The molecule has 0 fully saturated rings. The molecule has 0 aliphatic carbocycles. The summed E-state index contributed by atoms with van der Waals surface area (Å²) in [6.07, 6.45) is 0. The fourth-order valence-corrected chi connectivity index (χ4v) is 2.58. The number of carbonyl (C=O) groups is 2. The molecular formula is C16H18N2O3S. The van der Waals surface area contributed by atoms with Crippen molar-refractivity contribution < 1.29 is 14.3 Å². The van der Waals surface area contributed by atoms with Crippen LogP contribution in [0.3, 0.4) is 0 Å². The second-order valence-electron chi connectivity index (χ2n) is 4.99. The molecule has 0 unspecified atom stereocenters. The summed E-state index contributed by atoms with van der Waals surface area (Å²) in [5, 5.41) is 3.93. The summed E-state index contributed by atoms with van der Waals surface area (Å²) in [6, 6.07) is 7.08. The van der Waals surface area contributed by atoms with Crippen LogP contribution < -0.4 is 5.73 Å². The highest BCUT2D eigenvalue weighted by Crippen LogP contribution is 2.17. The number of amides is 1. The highest BCUT2D eigenvalue weighted by Gasteiger charge is 2.16. The predicted octanol–water partition coefficient (Wildman–Crippen LogP) is 2.45. The van der Waals surface area contributed by atoms with Crippen LogP contribution in [0, 0.1) is 6.92 Å². The smallest absolute Gasteiger partial charge is 0.340 e. The second kappa shape index (κ2) is 7.09. The summed E-state index contributed by atoms with van der Waals surface area (Å²) in [5.74, 6) is -0.843. The van der Waals surface area contributed by atoms with Gasteiger partial charge in [-0.2, -0.15) is 11.3 Å². The molecule has 1 aromatic heterocycles. The molecule has 1 heterocycles. The van der Waals surface area contributed by atoms with Crippen LogP contribution in [0.15, 0.2) is 35.0 Å². The quantitative estimate of drug-likeness (QED) is 0.679. The van der Waals surface area contributed by atoms with Gasteiger partial charge in [0.1, 0.15) is 0 Å². The fourth-order valence-electron chi connectivity index (χ4n) is 1.92. The third-order valence-corrected chi connectivity index (χ3v) is 4.03. The maximum atomic E-state index is 12.0. The lowest BCUT2D eigenvalue weighted by atomic mass is 10.1. The molecule has 1 aromatic carbocycles. The molecule has 0 radical (unpaired) electrons. The molecule has 116 valence electrons. The molecule has 1 amide bonds. The minimum atomic E-state index is -0.585. The van der Waals surface area contributed by atoms with E-state index in [2.05, 4.69) is 0 Å². The second-order valence-corrected chi connectivity index (χ2v) is 5.77. The summed E-state index contributed by atoms with van der Waals surface area (Å²) >= 11 is 1.57. The summed E-state index contributed by atoms with van der Waals surface area (Å²) in [4.78, 5) is 25.5. The first-order valence-electron chi connectivity index (χ1n) is 6.76. The third kappa shape index (κ3) is 3.85. The van der Waals surface area contributed by atoms with Gasteiger partial charge >= 0.3 is 5.97 Å². The number of esters is 1. The lowest BCUT2D eigenvalue weighted by molar-refractivity contribution is -0.133. The Labute approximate surface area is 133 Å². The average molecular weight is 318 g/mol. The van der Waals surface area contributed by atoms with Crippen molar-refractivity contribution >= 4 is 28.9 Å². The zero-order chi connectivity index (χ0) is 16.1. The number of benzene rings is 1. The lowest BCUT2D eigenvalue weighted by Crippen LogP contribution is -2.30. The normalized spacial score (nSPS) is 10.3. The van der Waals surface area contributed by atoms with E-state index in [0.717, 1.165) is 11.1 Å². The number of nitrogen functional groups attached to an aromatic ring is 1. The average Bonchev–Trinajstić information content (AvgIpc) is 3.00. The topological polar surface area (TPSA) is 72.6 Å². The van der Waals surface area contributed by atoms with Crippen molar-refractivity contribution in [2.24, 2.45) is 0 Å². The first-order valence-corrected chi connectivity index (χ1v) is 7.70. The highest BCUT2D eigenvalue weighted by atomic mass is 32.1. The van der Waals surface area contributed by atoms with Crippen LogP contribution in [-0.2, 0) is 16.1 Å². The van der Waals surface area contributed by atoms with Crippen molar-refractivity contribution in [1.29, 1.82) is 0 Å². The molecule has 0 aliphatic rings. The van der Waals surface area contributed by atoms with Gasteiger partial charge in [-0.1, -0.05) is 12.1 Å². The van der Waals surface area contributed by atoms with Gasteiger partial charge in [0, 0.05) is 19.3 Å². The number of thiophene rings is 1. The third-order valence-electron chi connectivity index (χ3n) is 3.30. The lowest BCUT2D eigenvalue weighted by Gasteiger charge is -2.16. The summed E-state index contributed by atoms with van der Waals surface area (Å²) < 4.78 is 5.06. The van der Waals surface area contributed by atoms with Gasteiger partial charge in [0.25, 0.3) is 5.91 Å².